The molecule has 0 aliphatic carbocycles. The first-order chi connectivity index (χ1) is 11.6. The van der Waals surface area contributed by atoms with E-state index in [0.29, 0.717) is 11.1 Å². The zero-order valence-corrected chi connectivity index (χ0v) is 12.7. The highest BCUT2D eigenvalue weighted by Crippen LogP contribution is 2.14. The Labute approximate surface area is 137 Å². The second-order valence-electron chi connectivity index (χ2n) is 5.32. The van der Waals surface area contributed by atoms with Crippen molar-refractivity contribution in [2.45, 2.75) is 6.04 Å². The molecule has 0 spiro atoms. The van der Waals surface area contributed by atoms with E-state index in [-0.39, 0.29) is 5.56 Å². The molecule has 1 atom stereocenters. The maximum absolute atomic E-state index is 12.5. The summed E-state index contributed by atoms with van der Waals surface area (Å²) >= 11 is 0. The first-order valence-corrected chi connectivity index (χ1v) is 7.33. The average molecular weight is 321 g/mol. The van der Waals surface area contributed by atoms with Crippen LogP contribution in [0.3, 0.4) is 0 Å². The van der Waals surface area contributed by atoms with E-state index in [2.05, 4.69) is 10.3 Å². The van der Waals surface area contributed by atoms with Crippen LogP contribution in [0.4, 0.5) is 0 Å². The lowest BCUT2D eigenvalue weighted by molar-refractivity contribution is -0.120. The van der Waals surface area contributed by atoms with E-state index < -0.39 is 23.4 Å². The molecule has 0 radical (unpaired) electrons. The minimum Gasteiger partial charge on any atom is -0.368 e. The van der Waals surface area contributed by atoms with Crippen LogP contribution in [0.2, 0.25) is 0 Å². The second-order valence-corrected chi connectivity index (χ2v) is 5.32. The molecule has 1 aromatic heterocycles. The van der Waals surface area contributed by atoms with Gasteiger partial charge in [-0.15, -0.1) is 0 Å². The summed E-state index contributed by atoms with van der Waals surface area (Å²) in [5, 5.41) is 3.24. The number of rotatable bonds is 4. The lowest BCUT2D eigenvalue weighted by Crippen LogP contribution is -2.39. The number of amides is 2. The number of pyridine rings is 1. The fourth-order valence-corrected chi connectivity index (χ4v) is 2.49. The van der Waals surface area contributed by atoms with Gasteiger partial charge in [-0.2, -0.15) is 0 Å². The zero-order valence-electron chi connectivity index (χ0n) is 12.7. The van der Waals surface area contributed by atoms with Crippen molar-refractivity contribution in [2.24, 2.45) is 5.73 Å². The summed E-state index contributed by atoms with van der Waals surface area (Å²) in [4.78, 5) is 38.9. The third kappa shape index (κ3) is 3.03. The van der Waals surface area contributed by atoms with Gasteiger partial charge in [0.25, 0.3) is 11.5 Å². The molecule has 3 rings (SSSR count). The number of H-pyrrole nitrogens is 1. The Kier molecular flexibility index (Phi) is 4.11. The van der Waals surface area contributed by atoms with Gasteiger partial charge in [-0.1, -0.05) is 48.5 Å². The smallest absolute Gasteiger partial charge is 0.261 e. The topological polar surface area (TPSA) is 105 Å². The number of aromatic amines is 1. The maximum atomic E-state index is 12.5. The van der Waals surface area contributed by atoms with Crippen LogP contribution in [0.15, 0.2) is 65.5 Å². The molecular weight excluding hydrogens is 306 g/mol. The SMILES string of the molecule is NC(=O)[C@@H](NC(=O)c1cc2ccccc2[nH]c1=O)c1ccccc1. The molecule has 0 unspecified atom stereocenters. The molecule has 1 heterocycles. The number of carbonyl (C=O) groups excluding carboxylic acids is 2. The number of hydrogen-bond donors (Lipinski definition) is 3. The summed E-state index contributed by atoms with van der Waals surface area (Å²) in [5.41, 5.74) is 5.97. The van der Waals surface area contributed by atoms with Gasteiger partial charge in [0.05, 0.1) is 0 Å². The molecule has 0 saturated heterocycles. The summed E-state index contributed by atoms with van der Waals surface area (Å²) in [5.74, 6) is -1.36. The molecule has 0 fully saturated rings. The third-order valence-electron chi connectivity index (χ3n) is 3.69. The molecule has 0 aliphatic rings. The number of aromatic nitrogens is 1. The molecule has 120 valence electrons. The van der Waals surface area contributed by atoms with Crippen LogP contribution < -0.4 is 16.6 Å². The van der Waals surface area contributed by atoms with Gasteiger partial charge in [-0.3, -0.25) is 14.4 Å². The number of para-hydroxylation sites is 1. The van der Waals surface area contributed by atoms with Gasteiger partial charge in [-0.05, 0) is 23.1 Å². The number of hydrogen-bond acceptors (Lipinski definition) is 3. The van der Waals surface area contributed by atoms with Gasteiger partial charge in [0.1, 0.15) is 11.6 Å². The highest BCUT2D eigenvalue weighted by molar-refractivity contribution is 5.99. The Morgan fingerprint density at radius 1 is 1.00 bits per heavy atom. The number of carbonyl (C=O) groups is 2. The van der Waals surface area contributed by atoms with Gasteiger partial charge < -0.3 is 16.0 Å². The molecular formula is C18H15N3O3. The summed E-state index contributed by atoms with van der Waals surface area (Å²) in [6.45, 7) is 0. The number of benzene rings is 2. The lowest BCUT2D eigenvalue weighted by atomic mass is 10.1. The fourth-order valence-electron chi connectivity index (χ4n) is 2.49. The van der Waals surface area contributed by atoms with E-state index in [9.17, 15) is 14.4 Å². The number of fused-ring (bicyclic) bond motifs is 1. The summed E-state index contributed by atoms with van der Waals surface area (Å²) < 4.78 is 0. The highest BCUT2D eigenvalue weighted by atomic mass is 16.2. The van der Waals surface area contributed by atoms with Crippen LogP contribution in [0.1, 0.15) is 22.0 Å². The molecule has 3 aromatic rings. The van der Waals surface area contributed by atoms with E-state index in [1.807, 2.05) is 0 Å². The van der Waals surface area contributed by atoms with Crippen molar-refractivity contribution >= 4 is 22.7 Å². The van der Waals surface area contributed by atoms with Crippen LogP contribution in [-0.2, 0) is 4.79 Å². The van der Waals surface area contributed by atoms with Gasteiger partial charge in [-0.25, -0.2) is 0 Å². The van der Waals surface area contributed by atoms with Gasteiger partial charge >= 0.3 is 0 Å². The first kappa shape index (κ1) is 15.5. The molecule has 6 heteroatoms. The lowest BCUT2D eigenvalue weighted by Gasteiger charge is -2.15. The van der Waals surface area contributed by atoms with Gasteiger partial charge in [0, 0.05) is 5.52 Å². The van der Waals surface area contributed by atoms with E-state index >= 15 is 0 Å². The minimum absolute atomic E-state index is 0.0733. The van der Waals surface area contributed by atoms with Crippen LogP contribution in [0, 0.1) is 0 Å². The summed E-state index contributed by atoms with van der Waals surface area (Å²) in [7, 11) is 0. The number of primary amides is 1. The molecule has 0 saturated carbocycles. The molecule has 6 nitrogen and oxygen atoms in total. The molecule has 2 aromatic carbocycles. The Hall–Kier alpha value is -3.41. The molecule has 4 N–H and O–H groups in total. The number of nitrogens with one attached hydrogen (secondary N) is 2. The van der Waals surface area contributed by atoms with Crippen molar-refractivity contribution in [3.8, 4) is 0 Å². The maximum Gasteiger partial charge on any atom is 0.261 e. The Morgan fingerprint density at radius 3 is 2.38 bits per heavy atom. The van der Waals surface area contributed by atoms with Crippen molar-refractivity contribution in [3.05, 3.63) is 82.1 Å². The third-order valence-corrected chi connectivity index (χ3v) is 3.69. The van der Waals surface area contributed by atoms with E-state index in [4.69, 9.17) is 5.73 Å². The van der Waals surface area contributed by atoms with E-state index in [1.54, 1.807) is 54.6 Å². The number of nitrogens with two attached hydrogens (primary N) is 1. The first-order valence-electron chi connectivity index (χ1n) is 7.33. The Morgan fingerprint density at radius 2 is 1.67 bits per heavy atom. The van der Waals surface area contributed by atoms with Gasteiger partial charge in [0.15, 0.2) is 0 Å². The molecule has 0 aliphatic heterocycles. The second kappa shape index (κ2) is 6.37. The summed E-state index contributed by atoms with van der Waals surface area (Å²) in [6, 6.07) is 16.2. The largest absolute Gasteiger partial charge is 0.368 e. The van der Waals surface area contributed by atoms with Crippen LogP contribution >= 0.6 is 0 Å². The minimum atomic E-state index is -1.01. The van der Waals surface area contributed by atoms with Crippen molar-refractivity contribution in [1.29, 1.82) is 0 Å². The monoisotopic (exact) mass is 321 g/mol. The predicted molar refractivity (Wildman–Crippen MR) is 90.4 cm³/mol. The van der Waals surface area contributed by atoms with E-state index in [0.717, 1.165) is 5.39 Å². The van der Waals surface area contributed by atoms with Crippen molar-refractivity contribution in [2.75, 3.05) is 0 Å². The average Bonchev–Trinajstić information content (AvgIpc) is 2.59. The molecule has 24 heavy (non-hydrogen) atoms. The predicted octanol–water partition coefficient (Wildman–Crippen LogP) is 1.48. The van der Waals surface area contributed by atoms with Crippen molar-refractivity contribution < 1.29 is 9.59 Å². The van der Waals surface area contributed by atoms with E-state index in [1.165, 1.54) is 6.07 Å². The van der Waals surface area contributed by atoms with Crippen LogP contribution in [0.25, 0.3) is 10.9 Å². The molecule has 0 bridgehead atoms. The molecule has 2 amide bonds. The zero-order chi connectivity index (χ0) is 17.1. The quantitative estimate of drug-likeness (QED) is 0.678. The van der Waals surface area contributed by atoms with Gasteiger partial charge in [0.2, 0.25) is 5.91 Å². The van der Waals surface area contributed by atoms with Crippen LogP contribution in [0.5, 0.6) is 0 Å². The standard InChI is InChI=1S/C18H15N3O3/c19-16(22)15(11-6-2-1-3-7-11)21-18(24)13-10-12-8-4-5-9-14(12)20-17(13)23/h1-10,15H,(H2,19,22)(H,20,23)(H,21,24)/t15-/m0/s1. The fraction of sp³-hybridized carbons (Fsp3) is 0.0556. The Bertz CT molecular complexity index is 964. The van der Waals surface area contributed by atoms with Crippen LogP contribution in [-0.4, -0.2) is 16.8 Å². The van der Waals surface area contributed by atoms with Crippen molar-refractivity contribution in [1.82, 2.24) is 10.3 Å². The Balaban J connectivity index is 1.95. The summed E-state index contributed by atoms with van der Waals surface area (Å²) in [6.07, 6.45) is 0. The normalized spacial score (nSPS) is 11.8. The van der Waals surface area contributed by atoms with Crippen molar-refractivity contribution in [3.63, 3.8) is 0 Å². The highest BCUT2D eigenvalue weighted by Gasteiger charge is 2.22.